The molecule has 1 aliphatic rings. The SMILES string of the molecule is CC(CCCO)NC(=O)c1ccc(CNC(=O)C2CCCC2)cc1. The van der Waals surface area contributed by atoms with Crippen molar-refractivity contribution in [1.82, 2.24) is 10.6 Å². The molecule has 3 N–H and O–H groups in total. The molecule has 0 radical (unpaired) electrons. The highest BCUT2D eigenvalue weighted by Crippen LogP contribution is 2.24. The summed E-state index contributed by atoms with van der Waals surface area (Å²) in [5.74, 6) is 0.212. The van der Waals surface area contributed by atoms with Crippen molar-refractivity contribution in [3.05, 3.63) is 35.4 Å². The molecule has 1 fully saturated rings. The van der Waals surface area contributed by atoms with Gasteiger partial charge in [-0.25, -0.2) is 0 Å². The molecule has 0 saturated heterocycles. The van der Waals surface area contributed by atoms with E-state index < -0.39 is 0 Å². The van der Waals surface area contributed by atoms with E-state index >= 15 is 0 Å². The third-order valence-corrected chi connectivity index (χ3v) is 4.58. The Kier molecular flexibility index (Phi) is 7.25. The first-order valence-corrected chi connectivity index (χ1v) is 8.88. The minimum atomic E-state index is -0.109. The number of carbonyl (C=O) groups excluding carboxylic acids is 2. The maximum absolute atomic E-state index is 12.1. The van der Waals surface area contributed by atoms with Gasteiger partial charge in [0.1, 0.15) is 0 Å². The van der Waals surface area contributed by atoms with Crippen LogP contribution in [0.1, 0.15) is 61.4 Å². The van der Waals surface area contributed by atoms with Crippen LogP contribution in [0, 0.1) is 5.92 Å². The third kappa shape index (κ3) is 5.64. The van der Waals surface area contributed by atoms with Crippen LogP contribution in [-0.4, -0.2) is 29.6 Å². The van der Waals surface area contributed by atoms with Crippen LogP contribution in [0.3, 0.4) is 0 Å². The Morgan fingerprint density at radius 2 is 1.88 bits per heavy atom. The van der Waals surface area contributed by atoms with Gasteiger partial charge in [-0.1, -0.05) is 25.0 Å². The van der Waals surface area contributed by atoms with Crippen LogP contribution in [-0.2, 0) is 11.3 Å². The monoisotopic (exact) mass is 332 g/mol. The Bertz CT molecular complexity index is 536. The Balaban J connectivity index is 1.79. The second-order valence-electron chi connectivity index (χ2n) is 6.64. The van der Waals surface area contributed by atoms with Gasteiger partial charge in [0.25, 0.3) is 5.91 Å². The zero-order chi connectivity index (χ0) is 17.4. The van der Waals surface area contributed by atoms with Gasteiger partial charge in [-0.2, -0.15) is 0 Å². The largest absolute Gasteiger partial charge is 0.396 e. The van der Waals surface area contributed by atoms with E-state index in [1.54, 1.807) is 12.1 Å². The summed E-state index contributed by atoms with van der Waals surface area (Å²) in [6.45, 7) is 2.58. The van der Waals surface area contributed by atoms with E-state index in [0.29, 0.717) is 18.5 Å². The van der Waals surface area contributed by atoms with Gasteiger partial charge in [0.15, 0.2) is 0 Å². The minimum absolute atomic E-state index is 0.0371. The van der Waals surface area contributed by atoms with E-state index in [1.807, 2.05) is 19.1 Å². The van der Waals surface area contributed by atoms with Gasteiger partial charge in [-0.15, -0.1) is 0 Å². The number of aliphatic hydroxyl groups is 1. The minimum Gasteiger partial charge on any atom is -0.396 e. The van der Waals surface area contributed by atoms with Gasteiger partial charge in [0, 0.05) is 30.7 Å². The highest BCUT2D eigenvalue weighted by molar-refractivity contribution is 5.94. The summed E-state index contributed by atoms with van der Waals surface area (Å²) < 4.78 is 0. The van der Waals surface area contributed by atoms with Crippen molar-refractivity contribution >= 4 is 11.8 Å². The maximum atomic E-state index is 12.1. The quantitative estimate of drug-likeness (QED) is 0.684. The molecule has 5 heteroatoms. The van der Waals surface area contributed by atoms with Crippen molar-refractivity contribution in [2.75, 3.05) is 6.61 Å². The molecule has 1 saturated carbocycles. The molecule has 0 aromatic heterocycles. The first-order chi connectivity index (χ1) is 11.6. The topological polar surface area (TPSA) is 78.4 Å². The predicted octanol–water partition coefficient (Wildman–Crippen LogP) is 2.38. The zero-order valence-electron chi connectivity index (χ0n) is 14.4. The average molecular weight is 332 g/mol. The summed E-state index contributed by atoms with van der Waals surface area (Å²) in [7, 11) is 0. The van der Waals surface area contributed by atoms with Crippen molar-refractivity contribution in [3.63, 3.8) is 0 Å². The second-order valence-corrected chi connectivity index (χ2v) is 6.64. The first-order valence-electron chi connectivity index (χ1n) is 8.88. The number of hydrogen-bond donors (Lipinski definition) is 3. The van der Waals surface area contributed by atoms with Gasteiger partial charge in [-0.05, 0) is 50.3 Å². The van der Waals surface area contributed by atoms with Gasteiger partial charge in [-0.3, -0.25) is 9.59 Å². The van der Waals surface area contributed by atoms with Gasteiger partial charge < -0.3 is 15.7 Å². The molecule has 1 aliphatic carbocycles. The van der Waals surface area contributed by atoms with Gasteiger partial charge >= 0.3 is 0 Å². The summed E-state index contributed by atoms with van der Waals surface area (Å²) in [5.41, 5.74) is 1.60. The fourth-order valence-electron chi connectivity index (χ4n) is 3.07. The number of rotatable bonds is 8. The van der Waals surface area contributed by atoms with Crippen LogP contribution in [0.4, 0.5) is 0 Å². The van der Waals surface area contributed by atoms with Crippen molar-refractivity contribution in [2.24, 2.45) is 5.92 Å². The molecule has 2 rings (SSSR count). The molecule has 1 aromatic carbocycles. The van der Waals surface area contributed by atoms with E-state index in [1.165, 1.54) is 0 Å². The lowest BCUT2D eigenvalue weighted by atomic mass is 10.1. The molecular weight excluding hydrogens is 304 g/mol. The highest BCUT2D eigenvalue weighted by atomic mass is 16.3. The molecule has 1 atom stereocenters. The summed E-state index contributed by atoms with van der Waals surface area (Å²) in [5, 5.41) is 14.7. The Morgan fingerprint density at radius 1 is 1.21 bits per heavy atom. The smallest absolute Gasteiger partial charge is 0.251 e. The van der Waals surface area contributed by atoms with E-state index in [2.05, 4.69) is 10.6 Å². The van der Waals surface area contributed by atoms with Crippen LogP contribution in [0.2, 0.25) is 0 Å². The number of amides is 2. The van der Waals surface area contributed by atoms with Crippen molar-refractivity contribution in [2.45, 2.75) is 58.0 Å². The van der Waals surface area contributed by atoms with Crippen LogP contribution < -0.4 is 10.6 Å². The Hall–Kier alpha value is -1.88. The van der Waals surface area contributed by atoms with Crippen LogP contribution in [0.15, 0.2) is 24.3 Å². The summed E-state index contributed by atoms with van der Waals surface area (Å²) in [4.78, 5) is 24.1. The molecule has 132 valence electrons. The number of carbonyl (C=O) groups is 2. The molecule has 1 aromatic rings. The summed E-state index contributed by atoms with van der Waals surface area (Å²) in [6, 6.07) is 7.36. The van der Waals surface area contributed by atoms with Crippen LogP contribution >= 0.6 is 0 Å². The van der Waals surface area contributed by atoms with Crippen molar-refractivity contribution in [1.29, 1.82) is 0 Å². The molecule has 0 heterocycles. The molecule has 1 unspecified atom stereocenters. The standard InChI is InChI=1S/C19H28N2O3/c1-14(5-4-12-22)21-19(24)17-10-8-15(9-11-17)13-20-18(23)16-6-2-3-7-16/h8-11,14,16,22H,2-7,12-13H2,1H3,(H,20,23)(H,21,24). The van der Waals surface area contributed by atoms with Gasteiger partial charge in [0.05, 0.1) is 0 Å². The second kappa shape index (κ2) is 9.42. The van der Waals surface area contributed by atoms with Crippen LogP contribution in [0.25, 0.3) is 0 Å². The highest BCUT2D eigenvalue weighted by Gasteiger charge is 2.22. The van der Waals surface area contributed by atoms with E-state index in [9.17, 15) is 9.59 Å². The summed E-state index contributed by atoms with van der Waals surface area (Å²) >= 11 is 0. The lowest BCUT2D eigenvalue weighted by molar-refractivity contribution is -0.124. The van der Waals surface area contributed by atoms with E-state index in [0.717, 1.165) is 37.7 Å². The zero-order valence-corrected chi connectivity index (χ0v) is 14.4. The fourth-order valence-corrected chi connectivity index (χ4v) is 3.07. The van der Waals surface area contributed by atoms with Crippen molar-refractivity contribution < 1.29 is 14.7 Å². The molecule has 5 nitrogen and oxygen atoms in total. The lowest BCUT2D eigenvalue weighted by Gasteiger charge is -2.14. The average Bonchev–Trinajstić information content (AvgIpc) is 3.13. The van der Waals surface area contributed by atoms with Crippen LogP contribution in [0.5, 0.6) is 0 Å². The fraction of sp³-hybridized carbons (Fsp3) is 0.579. The van der Waals surface area contributed by atoms with E-state index in [-0.39, 0.29) is 30.4 Å². The molecule has 24 heavy (non-hydrogen) atoms. The first kappa shape index (κ1) is 18.5. The lowest BCUT2D eigenvalue weighted by Crippen LogP contribution is -2.32. The third-order valence-electron chi connectivity index (χ3n) is 4.58. The predicted molar refractivity (Wildman–Crippen MR) is 93.5 cm³/mol. The number of hydrogen-bond acceptors (Lipinski definition) is 3. The van der Waals surface area contributed by atoms with Crippen molar-refractivity contribution in [3.8, 4) is 0 Å². The Morgan fingerprint density at radius 3 is 2.50 bits per heavy atom. The van der Waals surface area contributed by atoms with Gasteiger partial charge in [0.2, 0.25) is 5.91 Å². The molecule has 0 bridgehead atoms. The molecule has 2 amide bonds. The molecular formula is C19H28N2O3. The number of aliphatic hydroxyl groups excluding tert-OH is 1. The molecule has 0 spiro atoms. The number of benzene rings is 1. The normalized spacial score (nSPS) is 15.9. The molecule has 0 aliphatic heterocycles. The Labute approximate surface area is 143 Å². The summed E-state index contributed by atoms with van der Waals surface area (Å²) in [6.07, 6.45) is 5.74. The maximum Gasteiger partial charge on any atom is 0.251 e. The van der Waals surface area contributed by atoms with E-state index in [4.69, 9.17) is 5.11 Å². The number of nitrogens with one attached hydrogen (secondary N) is 2.